The van der Waals surface area contributed by atoms with Crippen LogP contribution in [-0.2, 0) is 19.7 Å². The summed E-state index contributed by atoms with van der Waals surface area (Å²) in [6, 6.07) is 7.02. The first kappa shape index (κ1) is 24.4. The van der Waals surface area contributed by atoms with Gasteiger partial charge in [-0.3, -0.25) is 14.9 Å². The van der Waals surface area contributed by atoms with E-state index in [1.165, 1.54) is 0 Å². The summed E-state index contributed by atoms with van der Waals surface area (Å²) < 4.78 is 10.2. The van der Waals surface area contributed by atoms with E-state index in [4.69, 9.17) is 20.9 Å². The molecule has 0 aliphatic carbocycles. The molecule has 2 rings (SSSR count). The first-order chi connectivity index (χ1) is 14.5. The molecule has 2 aromatic rings. The van der Waals surface area contributed by atoms with Crippen LogP contribution in [0.5, 0.6) is 0 Å². The monoisotopic (exact) mass is 449 g/mol. The maximum atomic E-state index is 12.6. The zero-order chi connectivity index (χ0) is 23.2. The highest BCUT2D eigenvalue weighted by Crippen LogP contribution is 2.23. The van der Waals surface area contributed by atoms with Gasteiger partial charge in [0.25, 0.3) is 11.8 Å². The van der Waals surface area contributed by atoms with E-state index in [-0.39, 0.29) is 17.2 Å². The normalized spacial score (nSPS) is 13.2. The van der Waals surface area contributed by atoms with E-state index in [0.717, 1.165) is 0 Å². The molecule has 0 bridgehead atoms. The highest BCUT2D eigenvalue weighted by Gasteiger charge is 2.28. The van der Waals surface area contributed by atoms with Gasteiger partial charge in [0.15, 0.2) is 6.61 Å². The summed E-state index contributed by atoms with van der Waals surface area (Å²) in [5.74, 6) is -1.73. The lowest BCUT2D eigenvalue weighted by Gasteiger charge is -2.22. The van der Waals surface area contributed by atoms with Crippen molar-refractivity contribution in [3.63, 3.8) is 0 Å². The minimum Gasteiger partial charge on any atom is -0.454 e. The van der Waals surface area contributed by atoms with Crippen LogP contribution in [0.25, 0.3) is 0 Å². The van der Waals surface area contributed by atoms with Gasteiger partial charge >= 0.3 is 5.97 Å². The van der Waals surface area contributed by atoms with Crippen molar-refractivity contribution >= 4 is 35.3 Å². The van der Waals surface area contributed by atoms with Gasteiger partial charge in [0.2, 0.25) is 5.88 Å². The Morgan fingerprint density at radius 2 is 1.84 bits per heavy atom. The van der Waals surface area contributed by atoms with E-state index in [0.29, 0.717) is 22.7 Å². The quantitative estimate of drug-likeness (QED) is 0.590. The topological polar surface area (TPSA) is 111 Å². The highest BCUT2D eigenvalue weighted by atomic mass is 35.5. The molecule has 0 radical (unpaired) electrons. The van der Waals surface area contributed by atoms with Crippen molar-refractivity contribution in [2.24, 2.45) is 5.92 Å². The van der Waals surface area contributed by atoms with Crippen molar-refractivity contribution < 1.29 is 23.6 Å². The molecule has 0 saturated heterocycles. The summed E-state index contributed by atoms with van der Waals surface area (Å²) in [5.41, 5.74) is 0.815. The lowest BCUT2D eigenvalue weighted by Crippen LogP contribution is -2.46. The first-order valence-electron chi connectivity index (χ1n) is 10.0. The van der Waals surface area contributed by atoms with E-state index >= 15 is 0 Å². The van der Waals surface area contributed by atoms with Crippen LogP contribution in [0.1, 0.15) is 57.1 Å². The SMILES string of the molecule is CC[C@H](C)[C@H](NC(=O)c1ccc(Cl)cc1)C(=O)OCC(=O)Nc1cc(C(C)(C)C)no1. The van der Waals surface area contributed by atoms with Crippen LogP contribution < -0.4 is 10.6 Å². The molecular weight excluding hydrogens is 422 g/mol. The smallest absolute Gasteiger partial charge is 0.329 e. The van der Waals surface area contributed by atoms with Crippen molar-refractivity contribution in [3.8, 4) is 0 Å². The molecule has 0 saturated carbocycles. The molecule has 9 heteroatoms. The van der Waals surface area contributed by atoms with E-state index in [1.54, 1.807) is 30.3 Å². The van der Waals surface area contributed by atoms with Crippen LogP contribution in [0.2, 0.25) is 5.02 Å². The predicted octanol–water partition coefficient (Wildman–Crippen LogP) is 3.95. The van der Waals surface area contributed by atoms with Gasteiger partial charge in [0.05, 0.1) is 5.69 Å². The van der Waals surface area contributed by atoms with E-state index < -0.39 is 30.4 Å². The zero-order valence-corrected chi connectivity index (χ0v) is 19.1. The summed E-state index contributed by atoms with van der Waals surface area (Å²) in [7, 11) is 0. The molecule has 0 fully saturated rings. The third-order valence-electron chi connectivity index (χ3n) is 4.75. The fourth-order valence-corrected chi connectivity index (χ4v) is 2.71. The van der Waals surface area contributed by atoms with Gasteiger partial charge < -0.3 is 14.6 Å². The number of rotatable bonds is 8. The Morgan fingerprint density at radius 1 is 1.19 bits per heavy atom. The molecule has 0 unspecified atom stereocenters. The highest BCUT2D eigenvalue weighted by molar-refractivity contribution is 6.30. The van der Waals surface area contributed by atoms with E-state index in [2.05, 4.69) is 15.8 Å². The molecule has 2 atom stereocenters. The molecule has 0 aliphatic heterocycles. The zero-order valence-electron chi connectivity index (χ0n) is 18.3. The first-order valence-corrected chi connectivity index (χ1v) is 10.4. The fourth-order valence-electron chi connectivity index (χ4n) is 2.58. The summed E-state index contributed by atoms with van der Waals surface area (Å²) in [6.07, 6.45) is 0.626. The van der Waals surface area contributed by atoms with Gasteiger partial charge in [-0.15, -0.1) is 0 Å². The lowest BCUT2D eigenvalue weighted by atomic mass is 9.92. The van der Waals surface area contributed by atoms with Crippen LogP contribution in [0.3, 0.4) is 0 Å². The molecule has 1 aromatic heterocycles. The lowest BCUT2D eigenvalue weighted by molar-refractivity contribution is -0.150. The second kappa shape index (κ2) is 10.4. The number of esters is 1. The van der Waals surface area contributed by atoms with Gasteiger partial charge in [-0.05, 0) is 30.2 Å². The molecule has 0 spiro atoms. The number of carbonyl (C=O) groups excluding carboxylic acids is 3. The van der Waals surface area contributed by atoms with Crippen LogP contribution in [0.4, 0.5) is 5.88 Å². The molecule has 1 aromatic carbocycles. The largest absolute Gasteiger partial charge is 0.454 e. The Morgan fingerprint density at radius 3 is 2.39 bits per heavy atom. The number of amides is 2. The van der Waals surface area contributed by atoms with Gasteiger partial charge in [0, 0.05) is 22.1 Å². The number of hydrogen-bond acceptors (Lipinski definition) is 6. The number of nitrogens with zero attached hydrogens (tertiary/aromatic N) is 1. The Labute approximate surface area is 186 Å². The molecule has 8 nitrogen and oxygen atoms in total. The summed E-state index contributed by atoms with van der Waals surface area (Å²) in [6.45, 7) is 9.08. The summed E-state index contributed by atoms with van der Waals surface area (Å²) in [5, 5.41) is 9.59. The fraction of sp³-hybridized carbons (Fsp3) is 0.455. The maximum Gasteiger partial charge on any atom is 0.329 e. The van der Waals surface area contributed by atoms with Gasteiger partial charge in [-0.2, -0.15) is 0 Å². The Hall–Kier alpha value is -2.87. The Balaban J connectivity index is 1.95. The number of ether oxygens (including phenoxy) is 1. The van der Waals surface area contributed by atoms with Crippen molar-refractivity contribution in [1.82, 2.24) is 10.5 Å². The van der Waals surface area contributed by atoms with Gasteiger partial charge in [-0.25, -0.2) is 4.79 Å². The molecule has 31 heavy (non-hydrogen) atoms. The number of carbonyl (C=O) groups is 3. The minimum atomic E-state index is -0.904. The standard InChI is InChI=1S/C22H28ClN3O5/c1-6-13(2)19(25-20(28)14-7-9-15(23)10-8-14)21(29)30-12-17(27)24-18-11-16(26-31-18)22(3,4)5/h7-11,13,19H,6,12H2,1-5H3,(H,24,27)(H,25,28)/t13-,19-/m0/s1. The third kappa shape index (κ3) is 7.10. The minimum absolute atomic E-state index is 0.167. The van der Waals surface area contributed by atoms with Gasteiger partial charge in [-0.1, -0.05) is 57.8 Å². The van der Waals surface area contributed by atoms with Crippen molar-refractivity contribution in [2.75, 3.05) is 11.9 Å². The number of anilines is 1. The van der Waals surface area contributed by atoms with Crippen LogP contribution >= 0.6 is 11.6 Å². The number of hydrogen-bond donors (Lipinski definition) is 2. The van der Waals surface area contributed by atoms with Gasteiger partial charge in [0.1, 0.15) is 6.04 Å². The Bertz CT molecular complexity index is 918. The van der Waals surface area contributed by atoms with E-state index in [1.807, 2.05) is 34.6 Å². The summed E-state index contributed by atoms with van der Waals surface area (Å²) in [4.78, 5) is 37.2. The van der Waals surface area contributed by atoms with Crippen LogP contribution in [-0.4, -0.2) is 35.6 Å². The van der Waals surface area contributed by atoms with Crippen molar-refractivity contribution in [1.29, 1.82) is 0 Å². The second-order valence-electron chi connectivity index (χ2n) is 8.33. The molecule has 1 heterocycles. The number of nitrogens with one attached hydrogen (secondary N) is 2. The maximum absolute atomic E-state index is 12.6. The molecular formula is C22H28ClN3O5. The average Bonchev–Trinajstić information content (AvgIpc) is 3.19. The molecule has 2 N–H and O–H groups in total. The van der Waals surface area contributed by atoms with Crippen molar-refractivity contribution in [3.05, 3.63) is 46.6 Å². The van der Waals surface area contributed by atoms with E-state index in [9.17, 15) is 14.4 Å². The van der Waals surface area contributed by atoms with Crippen LogP contribution in [0.15, 0.2) is 34.9 Å². The number of benzene rings is 1. The Kier molecular flexibility index (Phi) is 8.21. The second-order valence-corrected chi connectivity index (χ2v) is 8.76. The summed E-state index contributed by atoms with van der Waals surface area (Å²) >= 11 is 5.84. The predicted molar refractivity (Wildman–Crippen MR) is 117 cm³/mol. The number of halogens is 1. The molecule has 0 aliphatic rings. The third-order valence-corrected chi connectivity index (χ3v) is 5.00. The van der Waals surface area contributed by atoms with Crippen molar-refractivity contribution in [2.45, 2.75) is 52.5 Å². The molecule has 168 valence electrons. The average molecular weight is 450 g/mol. The number of aromatic nitrogens is 1. The van der Waals surface area contributed by atoms with Crippen LogP contribution in [0, 0.1) is 5.92 Å². The molecule has 2 amide bonds.